The Hall–Kier alpha value is -1.11. The third-order valence-corrected chi connectivity index (χ3v) is 10.2. The van der Waals surface area contributed by atoms with E-state index in [-0.39, 0.29) is 16.2 Å². The largest absolute Gasteiger partial charge is 0.355 e. The summed E-state index contributed by atoms with van der Waals surface area (Å²) in [5.41, 5.74) is -0.106. The molecule has 1 heterocycles. The summed E-state index contributed by atoms with van der Waals surface area (Å²) in [5, 5.41) is 3.71. The van der Waals surface area contributed by atoms with E-state index in [0.29, 0.717) is 30.6 Å². The maximum Gasteiger partial charge on any atom is 0.243 e. The Morgan fingerprint density at radius 2 is 1.67 bits per heavy atom. The van der Waals surface area contributed by atoms with E-state index in [1.807, 2.05) is 0 Å². The van der Waals surface area contributed by atoms with Crippen molar-refractivity contribution < 1.29 is 13.2 Å². The molecule has 1 aromatic carbocycles. The molecule has 30 heavy (non-hydrogen) atoms. The molecule has 0 atom stereocenters. The first-order chi connectivity index (χ1) is 14.3. The first kappa shape index (κ1) is 20.8. The number of sulfonamides is 1. The molecular weight excluding hydrogens is 420 g/mol. The fraction of sp³-hybridized carbons (Fsp3) is 0.696. The Morgan fingerprint density at radius 3 is 2.23 bits per heavy atom. The van der Waals surface area contributed by atoms with Gasteiger partial charge in [-0.15, -0.1) is 0 Å². The molecule has 5 fully saturated rings. The molecule has 5 nitrogen and oxygen atoms in total. The van der Waals surface area contributed by atoms with Crippen LogP contribution in [0.4, 0.5) is 0 Å². The summed E-state index contributed by atoms with van der Waals surface area (Å²) in [7, 11) is -3.51. The molecule has 6 rings (SSSR count). The van der Waals surface area contributed by atoms with Gasteiger partial charge in [0.25, 0.3) is 0 Å². The molecule has 0 unspecified atom stereocenters. The van der Waals surface area contributed by atoms with E-state index in [1.54, 1.807) is 22.5 Å². The lowest BCUT2D eigenvalue weighted by Gasteiger charge is -2.55. The van der Waals surface area contributed by atoms with Crippen LogP contribution in [0.2, 0.25) is 5.02 Å². The second-order valence-corrected chi connectivity index (χ2v) is 12.6. The molecule has 164 valence electrons. The van der Waals surface area contributed by atoms with E-state index in [4.69, 9.17) is 11.6 Å². The highest BCUT2D eigenvalue weighted by molar-refractivity contribution is 7.89. The van der Waals surface area contributed by atoms with Crippen molar-refractivity contribution in [3.8, 4) is 0 Å². The number of carbonyl (C=O) groups is 1. The highest BCUT2D eigenvalue weighted by Crippen LogP contribution is 2.60. The van der Waals surface area contributed by atoms with Crippen LogP contribution in [-0.2, 0) is 14.8 Å². The summed E-state index contributed by atoms with van der Waals surface area (Å²) < 4.78 is 27.3. The van der Waals surface area contributed by atoms with Gasteiger partial charge in [-0.3, -0.25) is 4.79 Å². The smallest absolute Gasteiger partial charge is 0.243 e. The van der Waals surface area contributed by atoms with Crippen molar-refractivity contribution in [1.29, 1.82) is 0 Å². The zero-order chi connectivity index (χ0) is 20.9. The van der Waals surface area contributed by atoms with Crippen LogP contribution < -0.4 is 5.32 Å². The molecule has 1 aliphatic heterocycles. The van der Waals surface area contributed by atoms with Gasteiger partial charge in [0.1, 0.15) is 0 Å². The minimum atomic E-state index is -3.51. The van der Waals surface area contributed by atoms with Gasteiger partial charge in [-0.1, -0.05) is 17.7 Å². The highest BCUT2D eigenvalue weighted by Gasteiger charge is 2.54. The maximum atomic E-state index is 13.1. The molecule has 0 aromatic heterocycles. The van der Waals surface area contributed by atoms with Crippen LogP contribution in [-0.4, -0.2) is 38.3 Å². The highest BCUT2D eigenvalue weighted by atomic mass is 35.5. The second-order valence-electron chi connectivity index (χ2n) is 10.2. The minimum Gasteiger partial charge on any atom is -0.355 e. The van der Waals surface area contributed by atoms with Gasteiger partial charge in [0.2, 0.25) is 15.9 Å². The molecule has 1 amide bonds. The zero-order valence-electron chi connectivity index (χ0n) is 17.4. The van der Waals surface area contributed by atoms with Gasteiger partial charge >= 0.3 is 0 Å². The average Bonchev–Trinajstić information content (AvgIpc) is 2.71. The van der Waals surface area contributed by atoms with Crippen LogP contribution in [0.3, 0.4) is 0 Å². The first-order valence-electron chi connectivity index (χ1n) is 11.4. The van der Waals surface area contributed by atoms with Crippen LogP contribution in [0, 0.1) is 29.1 Å². The van der Waals surface area contributed by atoms with E-state index < -0.39 is 10.0 Å². The molecule has 7 heteroatoms. The number of hydrogen-bond donors (Lipinski definition) is 1. The number of nitrogens with zero attached hydrogens (tertiary/aromatic N) is 1. The third kappa shape index (κ3) is 3.80. The Bertz CT molecular complexity index is 889. The van der Waals surface area contributed by atoms with Gasteiger partial charge in [0, 0.05) is 30.1 Å². The summed E-state index contributed by atoms with van der Waals surface area (Å²) in [6.45, 7) is 1.66. The quantitative estimate of drug-likeness (QED) is 0.735. The predicted molar refractivity (Wildman–Crippen MR) is 117 cm³/mol. The monoisotopic (exact) mass is 450 g/mol. The van der Waals surface area contributed by atoms with E-state index in [9.17, 15) is 13.2 Å². The summed E-state index contributed by atoms with van der Waals surface area (Å²) in [4.78, 5) is 13.4. The summed E-state index contributed by atoms with van der Waals surface area (Å²) in [6.07, 6.45) is 8.83. The number of piperidine rings is 1. The number of carbonyl (C=O) groups excluding carboxylic acids is 1. The molecular formula is C23H31ClN2O3S. The maximum absolute atomic E-state index is 13.1. The van der Waals surface area contributed by atoms with Crippen molar-refractivity contribution in [2.24, 2.45) is 29.1 Å². The fourth-order valence-corrected chi connectivity index (χ4v) is 8.71. The zero-order valence-corrected chi connectivity index (χ0v) is 18.9. The average molecular weight is 451 g/mol. The molecule has 1 aromatic rings. The summed E-state index contributed by atoms with van der Waals surface area (Å²) in [5.74, 6) is 2.91. The Kier molecular flexibility index (Phi) is 5.39. The number of halogens is 1. The standard InChI is InChI=1S/C23H31ClN2O3S/c24-20-2-1-3-21(11-20)30(28,29)26-6-4-16(5-7-26)15-25-22(27)23-12-17-8-18(13-23)10-19(9-17)14-23/h1-3,11,16-19H,4-10,12-15H2,(H,25,27). The van der Waals surface area contributed by atoms with E-state index in [0.717, 1.165) is 49.9 Å². The number of hydrogen-bond acceptors (Lipinski definition) is 3. The number of amides is 1. The van der Waals surface area contributed by atoms with Crippen molar-refractivity contribution in [3.05, 3.63) is 29.3 Å². The van der Waals surface area contributed by atoms with Crippen molar-refractivity contribution >= 4 is 27.5 Å². The van der Waals surface area contributed by atoms with Gasteiger partial charge in [-0.25, -0.2) is 8.42 Å². The van der Waals surface area contributed by atoms with Crippen LogP contribution in [0.5, 0.6) is 0 Å². The molecule has 4 saturated carbocycles. The predicted octanol–water partition coefficient (Wildman–Crippen LogP) is 4.07. The minimum absolute atomic E-state index is 0.106. The molecule has 0 radical (unpaired) electrons. The molecule has 0 spiro atoms. The van der Waals surface area contributed by atoms with E-state index >= 15 is 0 Å². The lowest BCUT2D eigenvalue weighted by molar-refractivity contribution is -0.146. The fourth-order valence-electron chi connectivity index (χ4n) is 6.94. The van der Waals surface area contributed by atoms with Gasteiger partial charge < -0.3 is 5.32 Å². The number of rotatable bonds is 5. The van der Waals surface area contributed by atoms with Crippen molar-refractivity contribution in [1.82, 2.24) is 9.62 Å². The van der Waals surface area contributed by atoms with E-state index in [2.05, 4.69) is 5.32 Å². The lowest BCUT2D eigenvalue weighted by atomic mass is 9.49. The Labute approximate surface area is 184 Å². The van der Waals surface area contributed by atoms with Crippen molar-refractivity contribution in [2.75, 3.05) is 19.6 Å². The number of benzene rings is 1. The lowest BCUT2D eigenvalue weighted by Crippen LogP contribution is -2.54. The van der Waals surface area contributed by atoms with Gasteiger partial charge in [0.15, 0.2) is 0 Å². The topological polar surface area (TPSA) is 66.5 Å². The Balaban J connectivity index is 1.15. The van der Waals surface area contributed by atoms with Gasteiger partial charge in [-0.05, 0) is 93.2 Å². The first-order valence-corrected chi connectivity index (χ1v) is 13.2. The SMILES string of the molecule is O=C(NCC1CCN(S(=O)(=O)c2cccc(Cl)c2)CC1)C12CC3CC(CC(C3)C1)C2. The number of nitrogens with one attached hydrogen (secondary N) is 1. The van der Waals surface area contributed by atoms with Crippen molar-refractivity contribution in [3.63, 3.8) is 0 Å². The molecule has 4 aliphatic carbocycles. The molecule has 1 saturated heterocycles. The summed E-state index contributed by atoms with van der Waals surface area (Å²) >= 11 is 5.97. The third-order valence-electron chi connectivity index (χ3n) is 8.08. The van der Waals surface area contributed by atoms with Crippen LogP contribution >= 0.6 is 11.6 Å². The Morgan fingerprint density at radius 1 is 1.07 bits per heavy atom. The van der Waals surface area contributed by atoms with E-state index in [1.165, 1.54) is 25.3 Å². The van der Waals surface area contributed by atoms with Gasteiger partial charge in [-0.2, -0.15) is 4.31 Å². The molecule has 4 bridgehead atoms. The van der Waals surface area contributed by atoms with Crippen LogP contribution in [0.15, 0.2) is 29.2 Å². The normalized spacial score (nSPS) is 34.2. The molecule has 1 N–H and O–H groups in total. The van der Waals surface area contributed by atoms with Crippen molar-refractivity contribution in [2.45, 2.75) is 56.3 Å². The summed E-state index contributed by atoms with van der Waals surface area (Å²) in [6, 6.07) is 6.45. The van der Waals surface area contributed by atoms with Gasteiger partial charge in [0.05, 0.1) is 4.90 Å². The van der Waals surface area contributed by atoms with Crippen LogP contribution in [0.1, 0.15) is 51.4 Å². The molecule has 5 aliphatic rings. The second kappa shape index (κ2) is 7.79. The van der Waals surface area contributed by atoms with Crippen LogP contribution in [0.25, 0.3) is 0 Å².